The van der Waals surface area contributed by atoms with Gasteiger partial charge in [0.2, 0.25) is 0 Å². The van der Waals surface area contributed by atoms with Crippen molar-refractivity contribution in [3.63, 3.8) is 0 Å². The van der Waals surface area contributed by atoms with Gasteiger partial charge in [0.25, 0.3) is 0 Å². The average molecular weight is 556 g/mol. The highest BCUT2D eigenvalue weighted by atomic mass is 16.6. The molecule has 1 aliphatic rings. The van der Waals surface area contributed by atoms with E-state index in [2.05, 4.69) is 51.3 Å². The van der Waals surface area contributed by atoms with Crippen LogP contribution in [-0.2, 0) is 10.2 Å². The number of ether oxygens (including phenoxy) is 1. The lowest BCUT2D eigenvalue weighted by atomic mass is 9.87. The fourth-order valence-electron chi connectivity index (χ4n) is 4.75. The summed E-state index contributed by atoms with van der Waals surface area (Å²) in [4.78, 5) is 27.0. The number of carbonyl (C=O) groups excluding carboxylic acids is 1. The second-order valence-corrected chi connectivity index (χ2v) is 11.1. The molecule has 1 saturated heterocycles. The number of aliphatic hydroxyl groups is 2. The lowest BCUT2D eigenvalue weighted by molar-refractivity contribution is -0.0440. The zero-order chi connectivity index (χ0) is 28.9. The first-order chi connectivity index (χ1) is 19.1. The number of nitrogen functional groups attached to an aromatic ring is 1. The van der Waals surface area contributed by atoms with Gasteiger partial charge in [-0.1, -0.05) is 32.9 Å². The molecule has 218 valence electrons. The molecule has 2 amide bonds. The fourth-order valence-corrected chi connectivity index (χ4v) is 4.75. The van der Waals surface area contributed by atoms with Crippen molar-refractivity contribution in [2.75, 3.05) is 43.8 Å². The molecule has 0 saturated carbocycles. The van der Waals surface area contributed by atoms with Crippen LogP contribution in [0, 0.1) is 0 Å². The second kappa shape index (κ2) is 12.9. The summed E-state index contributed by atoms with van der Waals surface area (Å²) in [6.45, 7) is 8.94. The molecule has 40 heavy (non-hydrogen) atoms. The number of rotatable bonds is 11. The minimum atomic E-state index is -1.20. The first-order valence-electron chi connectivity index (χ1n) is 13.6. The topological polar surface area (TPSA) is 190 Å². The summed E-state index contributed by atoms with van der Waals surface area (Å²) in [6, 6.07) is 7.51. The van der Waals surface area contributed by atoms with Crippen LogP contribution in [0.2, 0.25) is 0 Å². The number of unbranched alkanes of at least 4 members (excludes halogenated alkanes) is 1. The third-order valence-corrected chi connectivity index (χ3v) is 7.09. The Morgan fingerprint density at radius 3 is 2.55 bits per heavy atom. The van der Waals surface area contributed by atoms with Crippen LogP contribution in [0.4, 0.5) is 16.3 Å². The van der Waals surface area contributed by atoms with Crippen molar-refractivity contribution in [3.8, 4) is 0 Å². The molecule has 4 rings (SSSR count). The highest BCUT2D eigenvalue weighted by Gasteiger charge is 2.44. The van der Waals surface area contributed by atoms with Crippen molar-refractivity contribution in [3.05, 3.63) is 42.5 Å². The van der Waals surface area contributed by atoms with E-state index in [1.165, 1.54) is 18.2 Å². The highest BCUT2D eigenvalue weighted by molar-refractivity contribution is 5.89. The van der Waals surface area contributed by atoms with Gasteiger partial charge in [0, 0.05) is 25.3 Å². The normalized spacial score (nSPS) is 21.3. The third kappa shape index (κ3) is 7.04. The van der Waals surface area contributed by atoms with Crippen LogP contribution in [0.25, 0.3) is 11.2 Å². The summed E-state index contributed by atoms with van der Waals surface area (Å²) < 4.78 is 7.67. The maximum absolute atomic E-state index is 12.5. The van der Waals surface area contributed by atoms with Gasteiger partial charge in [-0.05, 0) is 49.0 Å². The zero-order valence-corrected chi connectivity index (χ0v) is 23.3. The van der Waals surface area contributed by atoms with Crippen molar-refractivity contribution < 1.29 is 19.7 Å². The van der Waals surface area contributed by atoms with E-state index in [0.29, 0.717) is 49.6 Å². The summed E-state index contributed by atoms with van der Waals surface area (Å²) in [5.41, 5.74) is 14.3. The van der Waals surface area contributed by atoms with E-state index < -0.39 is 24.5 Å². The van der Waals surface area contributed by atoms with Gasteiger partial charge in [0.15, 0.2) is 17.7 Å². The van der Waals surface area contributed by atoms with Crippen LogP contribution in [0.1, 0.15) is 45.4 Å². The molecule has 0 bridgehead atoms. The van der Waals surface area contributed by atoms with E-state index in [0.717, 1.165) is 12.8 Å². The lowest BCUT2D eigenvalue weighted by Crippen LogP contribution is -2.44. The summed E-state index contributed by atoms with van der Waals surface area (Å²) in [6.07, 6.45) is 0.578. The van der Waals surface area contributed by atoms with Crippen molar-refractivity contribution in [1.82, 2.24) is 29.7 Å². The number of anilines is 2. The predicted molar refractivity (Wildman–Crippen MR) is 153 cm³/mol. The van der Waals surface area contributed by atoms with Gasteiger partial charge >= 0.3 is 6.03 Å². The van der Waals surface area contributed by atoms with Crippen LogP contribution in [0.15, 0.2) is 36.9 Å². The van der Waals surface area contributed by atoms with Crippen LogP contribution in [-0.4, -0.2) is 91.7 Å². The minimum Gasteiger partial charge on any atom is -0.387 e. The van der Waals surface area contributed by atoms with Gasteiger partial charge in [-0.15, -0.1) is 0 Å². The molecule has 3 aromatic rings. The number of aromatic nitrogens is 4. The van der Waals surface area contributed by atoms with Crippen LogP contribution >= 0.6 is 0 Å². The van der Waals surface area contributed by atoms with Crippen LogP contribution in [0.3, 0.4) is 0 Å². The number of nitrogens with one attached hydrogen (secondary N) is 2. The Morgan fingerprint density at radius 2 is 1.85 bits per heavy atom. The van der Waals surface area contributed by atoms with Crippen LogP contribution in [0.5, 0.6) is 0 Å². The molecule has 1 aliphatic heterocycles. The first kappa shape index (κ1) is 29.6. The summed E-state index contributed by atoms with van der Waals surface area (Å²) >= 11 is 0. The zero-order valence-electron chi connectivity index (χ0n) is 23.3. The van der Waals surface area contributed by atoms with E-state index in [9.17, 15) is 15.0 Å². The Balaban J connectivity index is 1.34. The molecule has 4 unspecified atom stereocenters. The average Bonchev–Trinajstić information content (AvgIpc) is 3.46. The summed E-state index contributed by atoms with van der Waals surface area (Å²) in [5.74, 6) is 0.220. The molecule has 0 spiro atoms. The Morgan fingerprint density at radius 1 is 1.10 bits per heavy atom. The highest BCUT2D eigenvalue weighted by Crippen LogP contribution is 2.32. The van der Waals surface area contributed by atoms with Gasteiger partial charge in [0.1, 0.15) is 30.2 Å². The van der Waals surface area contributed by atoms with E-state index in [4.69, 9.17) is 16.2 Å². The third-order valence-electron chi connectivity index (χ3n) is 7.09. The maximum Gasteiger partial charge on any atom is 0.319 e. The number of nitrogens with zero attached hydrogens (tertiary/aromatic N) is 5. The van der Waals surface area contributed by atoms with Gasteiger partial charge in [-0.25, -0.2) is 19.7 Å². The molecule has 2 aromatic heterocycles. The quantitative estimate of drug-likeness (QED) is 0.187. The monoisotopic (exact) mass is 555 g/mol. The van der Waals surface area contributed by atoms with Crippen LogP contribution < -0.4 is 22.1 Å². The number of nitrogens with two attached hydrogens (primary N) is 2. The molecule has 0 radical (unpaired) electrons. The molecule has 3 heterocycles. The fraction of sp³-hybridized carbons (Fsp3) is 0.556. The Bertz CT molecular complexity index is 1260. The lowest BCUT2D eigenvalue weighted by Gasteiger charge is -2.27. The van der Waals surface area contributed by atoms with E-state index >= 15 is 0 Å². The molecule has 0 aliphatic carbocycles. The van der Waals surface area contributed by atoms with Crippen molar-refractivity contribution in [2.45, 2.75) is 63.6 Å². The SMILES string of the molecule is CC(C)(C)c1ccc(NC(=O)NCCN(CCCCN)CC2OC(n3cnc4c(N)ncnc43)C(O)C2O)cc1. The number of amides is 2. The first-order valence-corrected chi connectivity index (χ1v) is 13.6. The molecule has 13 heteroatoms. The number of fused-ring (bicyclic) bond motifs is 1. The molecular weight excluding hydrogens is 514 g/mol. The van der Waals surface area contributed by atoms with E-state index in [1.54, 1.807) is 4.57 Å². The number of benzene rings is 1. The van der Waals surface area contributed by atoms with E-state index in [-0.39, 0.29) is 17.3 Å². The van der Waals surface area contributed by atoms with E-state index in [1.807, 2.05) is 24.3 Å². The number of urea groups is 1. The number of carbonyl (C=O) groups is 1. The van der Waals surface area contributed by atoms with Gasteiger partial charge < -0.3 is 37.1 Å². The van der Waals surface area contributed by atoms with Crippen molar-refractivity contribution >= 4 is 28.7 Å². The molecule has 1 aromatic carbocycles. The molecular formula is C27H41N9O4. The number of hydrogen-bond acceptors (Lipinski definition) is 10. The van der Waals surface area contributed by atoms with Crippen molar-refractivity contribution in [1.29, 1.82) is 0 Å². The van der Waals surface area contributed by atoms with Gasteiger partial charge in [0.05, 0.1) is 6.33 Å². The number of aliphatic hydroxyl groups excluding tert-OH is 2. The molecule has 1 fully saturated rings. The van der Waals surface area contributed by atoms with Gasteiger partial charge in [-0.2, -0.15) is 0 Å². The predicted octanol–water partition coefficient (Wildman–Crippen LogP) is 1.19. The Labute approximate surface area is 233 Å². The van der Waals surface area contributed by atoms with Gasteiger partial charge in [-0.3, -0.25) is 9.47 Å². The number of hydrogen-bond donors (Lipinski definition) is 6. The molecule has 13 nitrogen and oxygen atoms in total. The summed E-state index contributed by atoms with van der Waals surface area (Å²) in [7, 11) is 0. The molecule has 4 atom stereocenters. The summed E-state index contributed by atoms with van der Waals surface area (Å²) in [5, 5.41) is 27.4. The second-order valence-electron chi connectivity index (χ2n) is 11.1. The standard InChI is InChI=1S/C27H41N9O4/c1-27(2,3)17-6-8-18(9-7-17)34-26(39)30-11-13-35(12-5-4-10-28)14-19-21(37)22(38)25(40-19)36-16-33-20-23(29)31-15-32-24(20)36/h6-9,15-16,19,21-22,25,37-38H,4-5,10-14,28H2,1-3H3,(H2,29,31,32)(H2,30,34,39). The Kier molecular flexibility index (Phi) is 9.53. The smallest absolute Gasteiger partial charge is 0.319 e. The maximum atomic E-state index is 12.5. The number of imidazole rings is 1. The van der Waals surface area contributed by atoms with Crippen molar-refractivity contribution in [2.24, 2.45) is 5.73 Å². The Hall–Kier alpha value is -3.36. The molecule has 8 N–H and O–H groups in total. The minimum absolute atomic E-state index is 0.0374. The largest absolute Gasteiger partial charge is 0.387 e.